The molecule has 0 aliphatic heterocycles. The Balaban J connectivity index is 2.43. The first-order valence-corrected chi connectivity index (χ1v) is 7.09. The molecular weight excluding hydrogens is 244 g/mol. The molecule has 0 atom stereocenters. The zero-order valence-electron chi connectivity index (χ0n) is 9.39. The van der Waals surface area contributed by atoms with Gasteiger partial charge in [0.05, 0.1) is 5.75 Å². The van der Waals surface area contributed by atoms with Crippen LogP contribution < -0.4 is 10.9 Å². The number of sulfone groups is 1. The summed E-state index contributed by atoms with van der Waals surface area (Å²) in [6.45, 7) is 0.263. The highest BCUT2D eigenvalue weighted by molar-refractivity contribution is 7.90. The fraction of sp³-hybridized carbons (Fsp3) is 0.400. The number of nitrogens with one attached hydrogen (secondary N) is 2. The highest BCUT2D eigenvalue weighted by Crippen LogP contribution is 1.93. The number of H-pyrrole nitrogens is 1. The molecule has 1 aromatic heterocycles. The molecule has 1 aromatic rings. The van der Waals surface area contributed by atoms with Gasteiger partial charge in [0, 0.05) is 30.6 Å². The van der Waals surface area contributed by atoms with Gasteiger partial charge in [-0.05, 0) is 12.5 Å². The smallest absolute Gasteiger partial charge is 0.251 e. The van der Waals surface area contributed by atoms with Crippen LogP contribution in [-0.4, -0.2) is 37.9 Å². The molecule has 0 spiro atoms. The molecule has 94 valence electrons. The molecule has 0 aromatic carbocycles. The second-order valence-electron chi connectivity index (χ2n) is 3.68. The van der Waals surface area contributed by atoms with Crippen LogP contribution in [0.4, 0.5) is 0 Å². The number of amides is 1. The first-order chi connectivity index (χ1) is 7.88. The maximum absolute atomic E-state index is 11.5. The first-order valence-electron chi connectivity index (χ1n) is 5.03. The second-order valence-corrected chi connectivity index (χ2v) is 5.94. The molecule has 7 heteroatoms. The fourth-order valence-corrected chi connectivity index (χ4v) is 1.89. The average molecular weight is 258 g/mol. The van der Waals surface area contributed by atoms with Crippen LogP contribution in [0.25, 0.3) is 0 Å². The maximum atomic E-state index is 11.5. The number of carbonyl (C=O) groups excluding carboxylic acids is 1. The van der Waals surface area contributed by atoms with Crippen LogP contribution in [0, 0.1) is 0 Å². The van der Waals surface area contributed by atoms with Crippen LogP contribution in [0.15, 0.2) is 23.1 Å². The van der Waals surface area contributed by atoms with Crippen molar-refractivity contribution in [1.82, 2.24) is 10.3 Å². The Bertz CT molecular complexity index is 547. The van der Waals surface area contributed by atoms with E-state index in [1.54, 1.807) is 0 Å². The van der Waals surface area contributed by atoms with Gasteiger partial charge in [0.1, 0.15) is 9.84 Å². The number of carbonyl (C=O) groups is 1. The van der Waals surface area contributed by atoms with Gasteiger partial charge in [-0.2, -0.15) is 0 Å². The molecule has 1 amide bonds. The van der Waals surface area contributed by atoms with Crippen molar-refractivity contribution in [3.63, 3.8) is 0 Å². The summed E-state index contributed by atoms with van der Waals surface area (Å²) in [5.74, 6) is -0.354. The van der Waals surface area contributed by atoms with Gasteiger partial charge in [-0.15, -0.1) is 0 Å². The number of hydrogen-bond donors (Lipinski definition) is 2. The zero-order valence-corrected chi connectivity index (χ0v) is 10.2. The van der Waals surface area contributed by atoms with Crippen LogP contribution >= 0.6 is 0 Å². The molecule has 0 fully saturated rings. The summed E-state index contributed by atoms with van der Waals surface area (Å²) < 4.78 is 21.7. The van der Waals surface area contributed by atoms with Gasteiger partial charge < -0.3 is 10.3 Å². The predicted molar refractivity (Wildman–Crippen MR) is 63.7 cm³/mol. The third-order valence-corrected chi connectivity index (χ3v) is 3.04. The second kappa shape index (κ2) is 5.62. The molecule has 0 bridgehead atoms. The molecule has 1 heterocycles. The van der Waals surface area contributed by atoms with Crippen LogP contribution in [0.5, 0.6) is 0 Å². The Morgan fingerprint density at radius 2 is 2.18 bits per heavy atom. The molecule has 0 aliphatic rings. The highest BCUT2D eigenvalue weighted by atomic mass is 32.2. The van der Waals surface area contributed by atoms with Crippen LogP contribution in [0.3, 0.4) is 0 Å². The van der Waals surface area contributed by atoms with Crippen molar-refractivity contribution in [2.24, 2.45) is 0 Å². The van der Waals surface area contributed by atoms with E-state index in [2.05, 4.69) is 10.3 Å². The summed E-state index contributed by atoms with van der Waals surface area (Å²) in [6, 6.07) is 2.67. The van der Waals surface area contributed by atoms with Crippen LogP contribution in [-0.2, 0) is 9.84 Å². The molecule has 0 aliphatic carbocycles. The molecule has 0 saturated carbocycles. The third kappa shape index (κ3) is 5.30. The van der Waals surface area contributed by atoms with Crippen molar-refractivity contribution in [2.75, 3.05) is 18.6 Å². The summed E-state index contributed by atoms with van der Waals surface area (Å²) in [7, 11) is -3.00. The summed E-state index contributed by atoms with van der Waals surface area (Å²) in [6.07, 6.45) is 2.88. The van der Waals surface area contributed by atoms with Gasteiger partial charge in [-0.1, -0.05) is 0 Å². The SMILES string of the molecule is CS(=O)(=O)CCCNC(=O)c1cc[nH]c(=O)c1. The van der Waals surface area contributed by atoms with E-state index in [1.807, 2.05) is 0 Å². The van der Waals surface area contributed by atoms with E-state index in [-0.39, 0.29) is 29.3 Å². The van der Waals surface area contributed by atoms with Gasteiger partial charge in [-0.25, -0.2) is 8.42 Å². The standard InChI is InChI=1S/C10H14N2O4S/c1-17(15,16)6-2-4-12-10(14)8-3-5-11-9(13)7-8/h3,5,7H,2,4,6H2,1H3,(H,11,13)(H,12,14). The maximum Gasteiger partial charge on any atom is 0.251 e. The monoisotopic (exact) mass is 258 g/mol. The van der Waals surface area contributed by atoms with E-state index in [0.29, 0.717) is 6.42 Å². The predicted octanol–water partition coefficient (Wildman–Crippen LogP) is -0.461. The lowest BCUT2D eigenvalue weighted by molar-refractivity contribution is 0.0953. The molecule has 0 saturated heterocycles. The molecular formula is C10H14N2O4S. The van der Waals surface area contributed by atoms with Gasteiger partial charge in [-0.3, -0.25) is 9.59 Å². The lowest BCUT2D eigenvalue weighted by Crippen LogP contribution is -2.26. The summed E-state index contributed by atoms with van der Waals surface area (Å²) >= 11 is 0. The quantitative estimate of drug-likeness (QED) is 0.698. The minimum atomic E-state index is -3.00. The molecule has 0 radical (unpaired) electrons. The van der Waals surface area contributed by atoms with Gasteiger partial charge in [0.15, 0.2) is 0 Å². The molecule has 1 rings (SSSR count). The van der Waals surface area contributed by atoms with E-state index in [4.69, 9.17) is 0 Å². The van der Waals surface area contributed by atoms with Crippen molar-refractivity contribution >= 4 is 15.7 Å². The lowest BCUT2D eigenvalue weighted by atomic mass is 10.2. The molecule has 2 N–H and O–H groups in total. The summed E-state index contributed by atoms with van der Waals surface area (Å²) in [5.41, 5.74) is -0.0955. The Kier molecular flexibility index (Phi) is 4.45. The number of rotatable bonds is 5. The Hall–Kier alpha value is -1.63. The van der Waals surface area contributed by atoms with E-state index in [9.17, 15) is 18.0 Å². The first kappa shape index (κ1) is 13.4. The Labute approximate surface area is 99.0 Å². The fourth-order valence-electron chi connectivity index (χ4n) is 1.22. The van der Waals surface area contributed by atoms with Crippen molar-refractivity contribution in [2.45, 2.75) is 6.42 Å². The van der Waals surface area contributed by atoms with E-state index < -0.39 is 9.84 Å². The van der Waals surface area contributed by atoms with Gasteiger partial charge in [0.25, 0.3) is 5.91 Å². The third-order valence-electron chi connectivity index (χ3n) is 2.01. The normalized spacial score (nSPS) is 11.1. The average Bonchev–Trinajstić information content (AvgIpc) is 2.23. The number of aromatic nitrogens is 1. The van der Waals surface area contributed by atoms with Crippen molar-refractivity contribution in [3.8, 4) is 0 Å². The molecule has 6 nitrogen and oxygen atoms in total. The van der Waals surface area contributed by atoms with Gasteiger partial charge in [0.2, 0.25) is 5.56 Å². The van der Waals surface area contributed by atoms with Gasteiger partial charge >= 0.3 is 0 Å². The topological polar surface area (TPSA) is 96.1 Å². The minimum absolute atomic E-state index is 0.0304. The van der Waals surface area contributed by atoms with Crippen molar-refractivity contribution in [1.29, 1.82) is 0 Å². The minimum Gasteiger partial charge on any atom is -0.352 e. The van der Waals surface area contributed by atoms with E-state index >= 15 is 0 Å². The largest absolute Gasteiger partial charge is 0.352 e. The lowest BCUT2D eigenvalue weighted by Gasteiger charge is -2.03. The zero-order chi connectivity index (χ0) is 12.9. The number of aromatic amines is 1. The van der Waals surface area contributed by atoms with Crippen LogP contribution in [0.2, 0.25) is 0 Å². The summed E-state index contributed by atoms with van der Waals surface area (Å²) in [4.78, 5) is 24.8. The highest BCUT2D eigenvalue weighted by Gasteiger charge is 2.06. The van der Waals surface area contributed by atoms with Crippen LogP contribution in [0.1, 0.15) is 16.8 Å². The Morgan fingerprint density at radius 3 is 2.76 bits per heavy atom. The molecule has 17 heavy (non-hydrogen) atoms. The van der Waals surface area contributed by atoms with E-state index in [0.717, 1.165) is 6.26 Å². The van der Waals surface area contributed by atoms with Crippen molar-refractivity contribution in [3.05, 3.63) is 34.2 Å². The molecule has 0 unspecified atom stereocenters. The van der Waals surface area contributed by atoms with E-state index in [1.165, 1.54) is 18.3 Å². The number of pyridine rings is 1. The Morgan fingerprint density at radius 1 is 1.47 bits per heavy atom. The summed E-state index contributed by atoms with van der Waals surface area (Å²) in [5, 5.41) is 2.54. The number of hydrogen-bond acceptors (Lipinski definition) is 4. The van der Waals surface area contributed by atoms with Crippen molar-refractivity contribution < 1.29 is 13.2 Å².